The molecule has 4 amide bonds. The third kappa shape index (κ3) is 8.32. The number of amidine groups is 1. The number of nitrogens with one attached hydrogen (secondary N) is 4. The Bertz CT molecular complexity index is 1930. The van der Waals surface area contributed by atoms with Crippen molar-refractivity contribution in [3.05, 3.63) is 106 Å². The SMILES string of the molecule is C=Nc1cc(OC)c(OCCNC(=O)NCc2ccc(Oc3cccc4c3C(=O)NC(=O)C4)cc2)cc1C(=NC)Nc1cccc(Cl)c1F. The highest BCUT2D eigenvalue weighted by molar-refractivity contribution is 6.31. The van der Waals surface area contributed by atoms with Gasteiger partial charge in [0, 0.05) is 25.2 Å². The van der Waals surface area contributed by atoms with Gasteiger partial charge in [-0.15, -0.1) is 0 Å². The number of halogens is 2. The van der Waals surface area contributed by atoms with Crippen LogP contribution in [0.2, 0.25) is 5.02 Å². The van der Waals surface area contributed by atoms with Crippen molar-refractivity contribution in [1.29, 1.82) is 0 Å². The maximum atomic E-state index is 14.6. The zero-order valence-corrected chi connectivity index (χ0v) is 27.3. The van der Waals surface area contributed by atoms with Crippen LogP contribution in [0.15, 0.2) is 82.8 Å². The summed E-state index contributed by atoms with van der Waals surface area (Å²) in [7, 11) is 3.01. The highest BCUT2D eigenvalue weighted by Crippen LogP contribution is 2.36. The van der Waals surface area contributed by atoms with E-state index < -0.39 is 17.8 Å². The Morgan fingerprint density at radius 1 is 1.02 bits per heavy atom. The third-order valence-electron chi connectivity index (χ3n) is 7.33. The Hall–Kier alpha value is -5.95. The first kappa shape index (κ1) is 34.4. The van der Waals surface area contributed by atoms with Crippen molar-refractivity contribution in [1.82, 2.24) is 16.0 Å². The van der Waals surface area contributed by atoms with Crippen LogP contribution < -0.4 is 35.5 Å². The molecule has 1 aliphatic rings. The van der Waals surface area contributed by atoms with Gasteiger partial charge >= 0.3 is 6.03 Å². The van der Waals surface area contributed by atoms with E-state index in [0.717, 1.165) is 5.56 Å². The number of urea groups is 1. The Morgan fingerprint density at radius 3 is 2.53 bits per heavy atom. The molecule has 0 fully saturated rings. The second-order valence-electron chi connectivity index (χ2n) is 10.5. The number of carbonyl (C=O) groups is 3. The number of aliphatic imine (C=N–C) groups is 2. The molecule has 0 bridgehead atoms. The minimum atomic E-state index is -0.628. The number of rotatable bonds is 12. The minimum absolute atomic E-state index is 0.0409. The number of ether oxygens (including phenoxy) is 3. The molecule has 4 aromatic rings. The lowest BCUT2D eigenvalue weighted by atomic mass is 9.99. The number of methoxy groups -OCH3 is 1. The molecule has 12 nitrogen and oxygen atoms in total. The lowest BCUT2D eigenvalue weighted by molar-refractivity contribution is -0.119. The average Bonchev–Trinajstić information content (AvgIpc) is 3.10. The maximum absolute atomic E-state index is 14.6. The second kappa shape index (κ2) is 15.8. The molecule has 252 valence electrons. The van der Waals surface area contributed by atoms with Crippen LogP contribution in [0.25, 0.3) is 0 Å². The number of fused-ring (bicyclic) bond motifs is 1. The van der Waals surface area contributed by atoms with Crippen LogP contribution >= 0.6 is 11.6 Å². The molecule has 5 rings (SSSR count). The molecule has 0 atom stereocenters. The lowest BCUT2D eigenvalue weighted by Crippen LogP contribution is -2.37. The molecule has 1 aliphatic heterocycles. The summed E-state index contributed by atoms with van der Waals surface area (Å²) in [5.74, 6) is 0.366. The molecule has 0 saturated carbocycles. The molecule has 0 saturated heterocycles. The van der Waals surface area contributed by atoms with Crippen LogP contribution in [0, 0.1) is 5.82 Å². The van der Waals surface area contributed by atoms with E-state index in [1.54, 1.807) is 60.7 Å². The summed E-state index contributed by atoms with van der Waals surface area (Å²) in [6.07, 6.45) is 0.106. The van der Waals surface area contributed by atoms with Crippen LogP contribution in [0.1, 0.15) is 27.0 Å². The lowest BCUT2D eigenvalue weighted by Gasteiger charge is -2.18. The van der Waals surface area contributed by atoms with Gasteiger partial charge < -0.3 is 30.2 Å². The largest absolute Gasteiger partial charge is 0.493 e. The summed E-state index contributed by atoms with van der Waals surface area (Å²) in [5, 5.41) is 10.7. The zero-order valence-electron chi connectivity index (χ0n) is 26.6. The number of benzene rings is 4. The van der Waals surface area contributed by atoms with E-state index >= 15 is 0 Å². The first-order chi connectivity index (χ1) is 23.7. The van der Waals surface area contributed by atoms with Gasteiger partial charge in [0.15, 0.2) is 17.3 Å². The highest BCUT2D eigenvalue weighted by Gasteiger charge is 2.26. The summed E-state index contributed by atoms with van der Waals surface area (Å²) in [6, 6.07) is 19.5. The number of hydrogen-bond acceptors (Lipinski definition) is 8. The summed E-state index contributed by atoms with van der Waals surface area (Å²) in [6.45, 7) is 4.12. The van der Waals surface area contributed by atoms with Gasteiger partial charge in [-0.1, -0.05) is 41.9 Å². The van der Waals surface area contributed by atoms with Gasteiger partial charge in [-0.05, 0) is 54.2 Å². The topological polar surface area (TPSA) is 152 Å². The van der Waals surface area contributed by atoms with E-state index in [-0.39, 0.29) is 48.6 Å². The van der Waals surface area contributed by atoms with Crippen molar-refractivity contribution in [2.24, 2.45) is 9.98 Å². The molecule has 1 heterocycles. The van der Waals surface area contributed by atoms with Gasteiger partial charge in [0.05, 0.1) is 42.0 Å². The monoisotopic (exact) mass is 686 g/mol. The van der Waals surface area contributed by atoms with E-state index in [9.17, 15) is 18.8 Å². The quantitative estimate of drug-likeness (QED) is 0.0637. The summed E-state index contributed by atoms with van der Waals surface area (Å²) in [4.78, 5) is 44.8. The van der Waals surface area contributed by atoms with E-state index in [4.69, 9.17) is 25.8 Å². The fourth-order valence-electron chi connectivity index (χ4n) is 4.96. The highest BCUT2D eigenvalue weighted by atomic mass is 35.5. The maximum Gasteiger partial charge on any atom is 0.315 e. The van der Waals surface area contributed by atoms with Crippen LogP contribution in [0.4, 0.5) is 20.6 Å². The molecule has 4 aromatic carbocycles. The molecule has 4 N–H and O–H groups in total. The van der Waals surface area contributed by atoms with E-state index in [1.165, 1.54) is 26.3 Å². The normalized spacial score (nSPS) is 12.4. The number of amides is 4. The summed E-state index contributed by atoms with van der Waals surface area (Å²) >= 11 is 5.93. The van der Waals surface area contributed by atoms with Gasteiger partial charge in [-0.3, -0.25) is 24.9 Å². The number of anilines is 1. The molecular weight excluding hydrogens is 655 g/mol. The first-order valence-electron chi connectivity index (χ1n) is 14.9. The van der Waals surface area contributed by atoms with Crippen molar-refractivity contribution in [2.45, 2.75) is 13.0 Å². The first-order valence-corrected chi connectivity index (χ1v) is 15.3. The predicted octanol–water partition coefficient (Wildman–Crippen LogP) is 5.79. The molecule has 0 aliphatic carbocycles. The number of carbonyl (C=O) groups excluding carboxylic acids is 3. The van der Waals surface area contributed by atoms with Crippen LogP contribution in [-0.4, -0.2) is 57.7 Å². The Balaban J connectivity index is 1.13. The van der Waals surface area contributed by atoms with Gasteiger partial charge in [-0.25, -0.2) is 9.18 Å². The van der Waals surface area contributed by atoms with Crippen LogP contribution in [-0.2, 0) is 17.8 Å². The Kier molecular flexibility index (Phi) is 11.1. The van der Waals surface area contributed by atoms with Crippen LogP contribution in [0.3, 0.4) is 0 Å². The molecule has 0 unspecified atom stereocenters. The van der Waals surface area contributed by atoms with E-state index in [1.807, 2.05) is 0 Å². The summed E-state index contributed by atoms with van der Waals surface area (Å²) < 4.78 is 31.9. The molecule has 0 radical (unpaired) electrons. The smallest absolute Gasteiger partial charge is 0.315 e. The predicted molar refractivity (Wildman–Crippen MR) is 185 cm³/mol. The second-order valence-corrected chi connectivity index (χ2v) is 10.9. The van der Waals surface area contributed by atoms with E-state index in [0.29, 0.717) is 45.4 Å². The fraction of sp³-hybridized carbons (Fsp3) is 0.171. The number of hydrogen-bond donors (Lipinski definition) is 4. The van der Waals surface area contributed by atoms with Gasteiger partial charge in [0.1, 0.15) is 23.9 Å². The van der Waals surface area contributed by atoms with Crippen molar-refractivity contribution >= 4 is 53.4 Å². The van der Waals surface area contributed by atoms with Crippen molar-refractivity contribution in [2.75, 3.05) is 32.6 Å². The average molecular weight is 687 g/mol. The van der Waals surface area contributed by atoms with Gasteiger partial charge in [-0.2, -0.15) is 0 Å². The number of nitrogens with zero attached hydrogens (tertiary/aromatic N) is 2. The molecule has 14 heteroatoms. The van der Waals surface area contributed by atoms with E-state index in [2.05, 4.69) is 38.0 Å². The summed E-state index contributed by atoms with van der Waals surface area (Å²) in [5.41, 5.74) is 2.77. The third-order valence-corrected chi connectivity index (χ3v) is 7.62. The molecule has 0 aromatic heterocycles. The molecule has 0 spiro atoms. The van der Waals surface area contributed by atoms with Crippen molar-refractivity contribution in [3.8, 4) is 23.0 Å². The standard InChI is InChI=1S/C35H32ClFN6O6/c1-38-26-18-28(47-3)29(17-23(26)33(39-2)42-25-8-5-7-24(36)32(25)37)48-15-14-40-35(46)41-19-20-10-12-22(13-11-20)49-27-9-4-6-21-16-30(44)43-34(45)31(21)27/h4-13,17-18H,1,14-16,19H2,2-3H3,(H,39,42)(H2,40,41,46)(H,43,44,45). The minimum Gasteiger partial charge on any atom is -0.493 e. The number of imide groups is 1. The fourth-order valence-corrected chi connectivity index (χ4v) is 5.13. The van der Waals surface area contributed by atoms with Crippen molar-refractivity contribution in [3.63, 3.8) is 0 Å². The Morgan fingerprint density at radius 2 is 1.80 bits per heavy atom. The van der Waals surface area contributed by atoms with Crippen molar-refractivity contribution < 1.29 is 33.0 Å². The molecular formula is C35H32ClFN6O6. The zero-order chi connectivity index (χ0) is 34.9. The molecule has 49 heavy (non-hydrogen) atoms. The van der Waals surface area contributed by atoms with Crippen LogP contribution in [0.5, 0.6) is 23.0 Å². The Labute approximate surface area is 286 Å². The van der Waals surface area contributed by atoms with Gasteiger partial charge in [0.2, 0.25) is 5.91 Å². The van der Waals surface area contributed by atoms with Gasteiger partial charge in [0.25, 0.3) is 5.91 Å².